The Kier molecular flexibility index (Phi) is 6.87. The zero-order valence-electron chi connectivity index (χ0n) is 21.9. The first-order valence-corrected chi connectivity index (χ1v) is 12.5. The number of nitrogens with zero attached hydrogens (tertiary/aromatic N) is 2. The summed E-state index contributed by atoms with van der Waals surface area (Å²) in [7, 11) is 0. The monoisotopic (exact) mass is 448 g/mol. The van der Waals surface area contributed by atoms with E-state index in [1.165, 1.54) is 19.3 Å². The number of hydrogen-bond acceptors (Lipinski definition) is 6. The maximum atomic E-state index is 7.07. The van der Waals surface area contributed by atoms with Gasteiger partial charge in [-0.15, -0.1) is 0 Å². The molecular formula is C26H48N4O2. The predicted molar refractivity (Wildman–Crippen MR) is 131 cm³/mol. The molecule has 0 radical (unpaired) electrons. The normalized spacial score (nSPS) is 30.0. The summed E-state index contributed by atoms with van der Waals surface area (Å²) in [5.74, 6) is -0.719. The molecule has 1 fully saturated rings. The molecule has 6 nitrogen and oxygen atoms in total. The van der Waals surface area contributed by atoms with Crippen molar-refractivity contribution in [1.29, 1.82) is 0 Å². The first-order valence-electron chi connectivity index (χ1n) is 12.5. The zero-order chi connectivity index (χ0) is 24.0. The lowest BCUT2D eigenvalue weighted by Crippen LogP contribution is -2.65. The van der Waals surface area contributed by atoms with E-state index in [-0.39, 0.29) is 22.2 Å². The van der Waals surface area contributed by atoms with Crippen LogP contribution in [0.4, 0.5) is 0 Å². The van der Waals surface area contributed by atoms with Crippen molar-refractivity contribution in [2.45, 2.75) is 141 Å². The maximum Gasteiger partial charge on any atom is 0.207 e. The fraction of sp³-hybridized carbons (Fsp3) is 0.846. The molecule has 1 aliphatic carbocycles. The van der Waals surface area contributed by atoms with Crippen LogP contribution in [0.1, 0.15) is 113 Å². The summed E-state index contributed by atoms with van der Waals surface area (Å²) >= 11 is 0. The largest absolute Gasteiger partial charge is 0.402 e. The van der Waals surface area contributed by atoms with E-state index in [0.717, 1.165) is 49.9 Å². The lowest BCUT2D eigenvalue weighted by atomic mass is 9.85. The van der Waals surface area contributed by atoms with Crippen LogP contribution < -0.4 is 11.5 Å². The van der Waals surface area contributed by atoms with Gasteiger partial charge >= 0.3 is 0 Å². The van der Waals surface area contributed by atoms with Gasteiger partial charge < -0.3 is 11.5 Å². The Morgan fingerprint density at radius 2 is 0.969 bits per heavy atom. The molecule has 2 heterocycles. The molecule has 0 bridgehead atoms. The van der Waals surface area contributed by atoms with E-state index in [1.807, 2.05) is 0 Å². The molecule has 4 N–H and O–H groups in total. The second-order valence-electron chi connectivity index (χ2n) is 12.7. The molecule has 1 saturated carbocycles. The van der Waals surface area contributed by atoms with Crippen LogP contribution >= 0.6 is 0 Å². The molecule has 3 aliphatic rings. The molecule has 0 atom stereocenters. The average molecular weight is 449 g/mol. The van der Waals surface area contributed by atoms with Gasteiger partial charge in [-0.1, -0.05) is 19.3 Å². The Balaban J connectivity index is 2.00. The molecule has 0 spiro atoms. The molecule has 0 aromatic heterocycles. The van der Waals surface area contributed by atoms with Gasteiger partial charge in [-0.3, -0.25) is 9.68 Å². The molecule has 0 aromatic carbocycles. The SMILES string of the molecule is CC1(C)C=C(N)CC(C)(C)N1OC1(ON2C(C)(C)C=C(N)CC2(C)C)CCCCCCC1. The van der Waals surface area contributed by atoms with Gasteiger partial charge in [0, 0.05) is 48.2 Å². The third-order valence-corrected chi connectivity index (χ3v) is 7.13. The molecule has 3 rings (SSSR count). The van der Waals surface area contributed by atoms with Crippen molar-refractivity contribution in [1.82, 2.24) is 10.1 Å². The van der Waals surface area contributed by atoms with Crippen molar-refractivity contribution < 1.29 is 9.68 Å². The minimum absolute atomic E-state index is 0.238. The van der Waals surface area contributed by atoms with Crippen molar-refractivity contribution >= 4 is 0 Å². The molecule has 0 saturated heterocycles. The summed E-state index contributed by atoms with van der Waals surface area (Å²) < 4.78 is 0. The Bertz CT molecular complexity index is 689. The van der Waals surface area contributed by atoms with Crippen LogP contribution in [0.2, 0.25) is 0 Å². The summed E-state index contributed by atoms with van der Waals surface area (Å²) in [6.45, 7) is 17.6. The predicted octanol–water partition coefficient (Wildman–Crippen LogP) is 5.50. The molecule has 0 unspecified atom stereocenters. The molecule has 0 aromatic rings. The van der Waals surface area contributed by atoms with E-state index < -0.39 is 5.79 Å². The van der Waals surface area contributed by atoms with Crippen LogP contribution in [0.15, 0.2) is 23.5 Å². The van der Waals surface area contributed by atoms with Gasteiger partial charge in [-0.25, -0.2) is 0 Å². The fourth-order valence-electron chi connectivity index (χ4n) is 6.29. The van der Waals surface area contributed by atoms with E-state index in [1.54, 1.807) is 0 Å². The summed E-state index contributed by atoms with van der Waals surface area (Å²) in [6, 6.07) is 0. The molecule has 2 aliphatic heterocycles. The van der Waals surface area contributed by atoms with Crippen molar-refractivity contribution in [3.63, 3.8) is 0 Å². The van der Waals surface area contributed by atoms with E-state index in [0.29, 0.717) is 0 Å². The molecule has 6 heteroatoms. The minimum atomic E-state index is -0.719. The third-order valence-electron chi connectivity index (χ3n) is 7.13. The molecule has 32 heavy (non-hydrogen) atoms. The van der Waals surface area contributed by atoms with E-state index in [2.05, 4.69) is 77.7 Å². The van der Waals surface area contributed by atoms with E-state index in [4.69, 9.17) is 21.1 Å². The van der Waals surface area contributed by atoms with Gasteiger partial charge in [0.2, 0.25) is 5.79 Å². The van der Waals surface area contributed by atoms with Gasteiger partial charge in [-0.2, -0.15) is 10.1 Å². The van der Waals surface area contributed by atoms with Crippen molar-refractivity contribution in [3.8, 4) is 0 Å². The second kappa shape index (κ2) is 8.61. The van der Waals surface area contributed by atoms with Crippen molar-refractivity contribution in [2.75, 3.05) is 0 Å². The topological polar surface area (TPSA) is 77.0 Å². The summed E-state index contributed by atoms with van der Waals surface area (Å²) in [5, 5.41) is 4.32. The van der Waals surface area contributed by atoms with Gasteiger partial charge in [-0.05, 0) is 80.4 Å². The number of nitrogens with two attached hydrogens (primary N) is 2. The van der Waals surface area contributed by atoms with E-state index >= 15 is 0 Å². The van der Waals surface area contributed by atoms with Gasteiger partial charge in [0.15, 0.2) is 0 Å². The van der Waals surface area contributed by atoms with Crippen LogP contribution in [-0.2, 0) is 9.68 Å². The summed E-state index contributed by atoms with van der Waals surface area (Å²) in [4.78, 5) is 14.1. The smallest absolute Gasteiger partial charge is 0.207 e. The highest BCUT2D eigenvalue weighted by molar-refractivity contribution is 5.19. The third kappa shape index (κ3) is 5.35. The zero-order valence-corrected chi connectivity index (χ0v) is 21.9. The molecule has 0 amide bonds. The van der Waals surface area contributed by atoms with Gasteiger partial charge in [0.25, 0.3) is 0 Å². The lowest BCUT2D eigenvalue weighted by molar-refractivity contribution is -0.462. The van der Waals surface area contributed by atoms with Crippen molar-refractivity contribution in [3.05, 3.63) is 23.5 Å². The quantitative estimate of drug-likeness (QED) is 0.553. The van der Waals surface area contributed by atoms with Gasteiger partial charge in [0.1, 0.15) is 0 Å². The van der Waals surface area contributed by atoms with Crippen molar-refractivity contribution in [2.24, 2.45) is 11.5 Å². The highest BCUT2D eigenvalue weighted by Crippen LogP contribution is 2.45. The second-order valence-corrected chi connectivity index (χ2v) is 12.7. The fourth-order valence-corrected chi connectivity index (χ4v) is 6.29. The summed E-state index contributed by atoms with van der Waals surface area (Å²) in [6.07, 6.45) is 13.5. The highest BCUT2D eigenvalue weighted by atomic mass is 16.9. The Hall–Kier alpha value is -1.08. The van der Waals surface area contributed by atoms with E-state index in [9.17, 15) is 0 Å². The lowest BCUT2D eigenvalue weighted by Gasteiger charge is -2.56. The maximum absolute atomic E-state index is 7.07. The van der Waals surface area contributed by atoms with Gasteiger partial charge in [0.05, 0.1) is 11.1 Å². The van der Waals surface area contributed by atoms with Crippen LogP contribution in [0, 0.1) is 0 Å². The number of hydroxylamine groups is 4. The Morgan fingerprint density at radius 1 is 0.625 bits per heavy atom. The number of rotatable bonds is 4. The van der Waals surface area contributed by atoms with Crippen LogP contribution in [0.3, 0.4) is 0 Å². The first-order chi connectivity index (χ1) is 14.6. The number of hydrogen-bond donors (Lipinski definition) is 2. The van der Waals surface area contributed by atoms with Crippen LogP contribution in [-0.4, -0.2) is 38.1 Å². The highest BCUT2D eigenvalue weighted by Gasteiger charge is 2.51. The first kappa shape index (κ1) is 25.5. The minimum Gasteiger partial charge on any atom is -0.402 e. The standard InChI is InChI=1S/C26H48N4O2/c1-22(2)16-20(27)17-23(3,4)29(22)31-26(14-12-10-9-11-13-15-26)32-30-24(5,6)18-21(28)19-25(30,7)8/h16,18H,9-15,17,19,27-28H2,1-8H3. The van der Waals surface area contributed by atoms with Crippen LogP contribution in [0.5, 0.6) is 0 Å². The summed E-state index contributed by atoms with van der Waals surface area (Å²) in [5.41, 5.74) is 13.3. The van der Waals surface area contributed by atoms with Crippen LogP contribution in [0.25, 0.3) is 0 Å². The molecular weight excluding hydrogens is 400 g/mol. The average Bonchev–Trinajstić information content (AvgIpc) is 2.55. The Labute approximate surface area is 196 Å². The molecule has 184 valence electrons. The Morgan fingerprint density at radius 3 is 1.31 bits per heavy atom.